The summed E-state index contributed by atoms with van der Waals surface area (Å²) >= 11 is 0. The van der Waals surface area contributed by atoms with E-state index in [0.29, 0.717) is 31.1 Å². The first-order valence-corrected chi connectivity index (χ1v) is 11.1. The van der Waals surface area contributed by atoms with Crippen molar-refractivity contribution in [3.05, 3.63) is 77.5 Å². The highest BCUT2D eigenvalue weighted by molar-refractivity contribution is 6.09. The zero-order valence-corrected chi connectivity index (χ0v) is 19.1. The maximum atomic E-state index is 13.3. The van der Waals surface area contributed by atoms with Gasteiger partial charge in [0, 0.05) is 32.0 Å². The van der Waals surface area contributed by atoms with Gasteiger partial charge in [0.15, 0.2) is 0 Å². The van der Waals surface area contributed by atoms with Crippen LogP contribution in [-0.2, 0) is 11.3 Å². The summed E-state index contributed by atoms with van der Waals surface area (Å²) in [5.41, 5.74) is 9.18. The Morgan fingerprint density at radius 3 is 2.76 bits per heavy atom. The van der Waals surface area contributed by atoms with Crippen LogP contribution in [0.1, 0.15) is 34.0 Å². The molecule has 172 valence electrons. The number of nitrogens with two attached hydrogens (primary N) is 1. The largest absolute Gasteiger partial charge is 0.369 e. The Kier molecular flexibility index (Phi) is 7.16. The van der Waals surface area contributed by atoms with Crippen molar-refractivity contribution in [1.82, 2.24) is 15.3 Å². The molecule has 2 heterocycles. The Balaban J connectivity index is 1.52. The van der Waals surface area contributed by atoms with Crippen molar-refractivity contribution in [2.75, 3.05) is 49.3 Å². The number of fused-ring (bicyclic) bond motifs is 1. The first-order chi connectivity index (χ1) is 16.1. The smallest absolute Gasteiger partial charge is 0.263 e. The zero-order chi connectivity index (χ0) is 23.2. The molecule has 0 saturated carbocycles. The Bertz CT molecular complexity index is 1090. The zero-order valence-electron chi connectivity index (χ0n) is 19.1. The molecule has 3 aromatic rings. The van der Waals surface area contributed by atoms with Crippen molar-refractivity contribution in [2.24, 2.45) is 0 Å². The minimum atomic E-state index is -0.136. The molecule has 0 saturated heterocycles. The molecule has 1 aliphatic heterocycles. The normalized spacial score (nSPS) is 14.7. The van der Waals surface area contributed by atoms with Crippen LogP contribution in [0.5, 0.6) is 0 Å². The molecule has 1 aromatic heterocycles. The molecule has 0 unspecified atom stereocenters. The number of ether oxygens (including phenoxy) is 1. The number of hydrogen-bond donors (Lipinski definition) is 2. The van der Waals surface area contributed by atoms with Crippen LogP contribution in [0.4, 0.5) is 17.5 Å². The summed E-state index contributed by atoms with van der Waals surface area (Å²) in [6.45, 7) is 2.48. The number of aromatic nitrogens is 2. The van der Waals surface area contributed by atoms with Crippen LogP contribution in [0.3, 0.4) is 0 Å². The van der Waals surface area contributed by atoms with Gasteiger partial charge in [-0.15, -0.1) is 0 Å². The van der Waals surface area contributed by atoms with Crippen LogP contribution in [-0.4, -0.2) is 49.6 Å². The van der Waals surface area contributed by atoms with Crippen LogP contribution in [0, 0.1) is 0 Å². The van der Waals surface area contributed by atoms with Crippen LogP contribution in [0.15, 0.2) is 60.8 Å². The molecule has 2 aromatic carbocycles. The highest BCUT2D eigenvalue weighted by Crippen LogP contribution is 2.27. The number of carbonyl (C=O) groups excluding carboxylic acids is 1. The highest BCUT2D eigenvalue weighted by atomic mass is 16.5. The molecule has 0 fully saturated rings. The average molecular weight is 447 g/mol. The number of nitrogens with zero attached hydrogens (tertiary/aromatic N) is 4. The summed E-state index contributed by atoms with van der Waals surface area (Å²) in [6, 6.07) is 18.2. The van der Waals surface area contributed by atoms with E-state index in [0.717, 1.165) is 29.8 Å². The van der Waals surface area contributed by atoms with E-state index in [2.05, 4.69) is 27.4 Å². The summed E-state index contributed by atoms with van der Waals surface area (Å²) in [5, 5.41) is 3.20. The van der Waals surface area contributed by atoms with Gasteiger partial charge in [0.25, 0.3) is 5.91 Å². The lowest BCUT2D eigenvalue weighted by molar-refractivity contribution is 0.0344. The van der Waals surface area contributed by atoms with E-state index in [1.165, 1.54) is 6.20 Å². The maximum Gasteiger partial charge on any atom is 0.263 e. The standard InChI is InChI=1S/C25H30N6O2/c1-27-12-11-22(19-8-4-3-5-9-19)33-17-18-7-6-10-20(15-18)31-14-13-30(2)23-21(24(31)32)16-28-25(26)29-23/h3-10,15-16,22,27H,11-14,17H2,1-2H3,(H2,26,28,29)/t22-/m1/s1. The number of nitrogens with one attached hydrogen (secondary N) is 1. The number of hydrogen-bond acceptors (Lipinski definition) is 7. The summed E-state index contributed by atoms with van der Waals surface area (Å²) in [7, 11) is 3.85. The quantitative estimate of drug-likeness (QED) is 0.549. The monoisotopic (exact) mass is 446 g/mol. The molecule has 1 aliphatic rings. The number of anilines is 3. The fourth-order valence-corrected chi connectivity index (χ4v) is 3.98. The number of benzene rings is 2. The van der Waals surface area contributed by atoms with Crippen molar-refractivity contribution < 1.29 is 9.53 Å². The second-order valence-corrected chi connectivity index (χ2v) is 8.12. The molecular weight excluding hydrogens is 416 g/mol. The second kappa shape index (κ2) is 10.4. The molecule has 0 aliphatic carbocycles. The molecular formula is C25H30N6O2. The molecule has 3 N–H and O–H groups in total. The van der Waals surface area contributed by atoms with Gasteiger partial charge in [-0.1, -0.05) is 42.5 Å². The van der Waals surface area contributed by atoms with Crippen molar-refractivity contribution >= 4 is 23.4 Å². The molecule has 0 bridgehead atoms. The van der Waals surface area contributed by atoms with Crippen molar-refractivity contribution in [2.45, 2.75) is 19.1 Å². The van der Waals surface area contributed by atoms with Crippen LogP contribution < -0.4 is 20.9 Å². The highest BCUT2D eigenvalue weighted by Gasteiger charge is 2.28. The first kappa shape index (κ1) is 22.7. The van der Waals surface area contributed by atoms with E-state index in [9.17, 15) is 4.79 Å². The van der Waals surface area contributed by atoms with Gasteiger partial charge in [0.1, 0.15) is 11.4 Å². The predicted octanol–water partition coefficient (Wildman–Crippen LogP) is 3.02. The Morgan fingerprint density at radius 1 is 1.15 bits per heavy atom. The number of likely N-dealkylation sites (N-methyl/N-ethyl adjacent to an activating group) is 1. The van der Waals surface area contributed by atoms with E-state index in [-0.39, 0.29) is 18.0 Å². The van der Waals surface area contributed by atoms with Crippen LogP contribution in [0.25, 0.3) is 0 Å². The van der Waals surface area contributed by atoms with E-state index in [1.807, 2.05) is 61.5 Å². The van der Waals surface area contributed by atoms with Gasteiger partial charge in [0.2, 0.25) is 5.95 Å². The van der Waals surface area contributed by atoms with Gasteiger partial charge in [0.05, 0.1) is 12.7 Å². The van der Waals surface area contributed by atoms with Crippen molar-refractivity contribution in [1.29, 1.82) is 0 Å². The number of rotatable bonds is 8. The molecule has 8 heteroatoms. The molecule has 1 amide bonds. The summed E-state index contributed by atoms with van der Waals surface area (Å²) < 4.78 is 6.31. The van der Waals surface area contributed by atoms with Gasteiger partial charge in [-0.3, -0.25) is 4.79 Å². The van der Waals surface area contributed by atoms with E-state index in [4.69, 9.17) is 10.5 Å². The Morgan fingerprint density at radius 2 is 1.97 bits per heavy atom. The lowest BCUT2D eigenvalue weighted by Gasteiger charge is -2.22. The lowest BCUT2D eigenvalue weighted by atomic mass is 10.1. The number of carbonyl (C=O) groups is 1. The summed E-state index contributed by atoms with van der Waals surface area (Å²) in [5.74, 6) is 0.584. The Hall–Kier alpha value is -3.49. The van der Waals surface area contributed by atoms with Crippen LogP contribution in [0.2, 0.25) is 0 Å². The number of amides is 1. The fraction of sp³-hybridized carbons (Fsp3) is 0.320. The van der Waals surface area contributed by atoms with Gasteiger partial charge >= 0.3 is 0 Å². The molecule has 0 radical (unpaired) electrons. The third kappa shape index (κ3) is 5.30. The lowest BCUT2D eigenvalue weighted by Crippen LogP contribution is -2.33. The van der Waals surface area contributed by atoms with Gasteiger partial charge in [-0.2, -0.15) is 4.98 Å². The third-order valence-corrected chi connectivity index (χ3v) is 5.78. The molecule has 33 heavy (non-hydrogen) atoms. The minimum absolute atomic E-state index is 0.00902. The van der Waals surface area contributed by atoms with E-state index >= 15 is 0 Å². The maximum absolute atomic E-state index is 13.3. The minimum Gasteiger partial charge on any atom is -0.369 e. The summed E-state index contributed by atoms with van der Waals surface area (Å²) in [6.07, 6.45) is 2.37. The Labute approximate surface area is 194 Å². The van der Waals surface area contributed by atoms with Crippen molar-refractivity contribution in [3.8, 4) is 0 Å². The summed E-state index contributed by atoms with van der Waals surface area (Å²) in [4.78, 5) is 25.3. The number of nitrogen functional groups attached to an aromatic ring is 1. The second-order valence-electron chi connectivity index (χ2n) is 8.12. The topological polar surface area (TPSA) is 96.6 Å². The van der Waals surface area contributed by atoms with Gasteiger partial charge < -0.3 is 25.6 Å². The van der Waals surface area contributed by atoms with E-state index in [1.54, 1.807) is 4.90 Å². The molecule has 4 rings (SSSR count). The first-order valence-electron chi connectivity index (χ1n) is 11.1. The van der Waals surface area contributed by atoms with Crippen molar-refractivity contribution in [3.63, 3.8) is 0 Å². The van der Waals surface area contributed by atoms with E-state index < -0.39 is 0 Å². The third-order valence-electron chi connectivity index (χ3n) is 5.78. The SMILES string of the molecule is CNCC[C@@H](OCc1cccc(N2CCN(C)c3nc(N)ncc3C2=O)c1)c1ccccc1. The van der Waals surface area contributed by atoms with Crippen LogP contribution >= 0.6 is 0 Å². The fourth-order valence-electron chi connectivity index (χ4n) is 3.98. The average Bonchev–Trinajstić information content (AvgIpc) is 2.96. The molecule has 0 spiro atoms. The predicted molar refractivity (Wildman–Crippen MR) is 130 cm³/mol. The van der Waals surface area contributed by atoms with Gasteiger partial charge in [-0.05, 0) is 43.3 Å². The van der Waals surface area contributed by atoms with Gasteiger partial charge in [-0.25, -0.2) is 4.98 Å². The molecule has 1 atom stereocenters. The molecule has 8 nitrogen and oxygen atoms in total.